The highest BCUT2D eigenvalue weighted by molar-refractivity contribution is 7.98. The Balaban J connectivity index is 1.64. The Kier molecular flexibility index (Phi) is 6.17. The summed E-state index contributed by atoms with van der Waals surface area (Å²) in [5, 5.41) is 7.43. The van der Waals surface area contributed by atoms with Crippen LogP contribution in [0.4, 0.5) is 10.5 Å². The summed E-state index contributed by atoms with van der Waals surface area (Å²) >= 11 is 1.68. The number of aromatic nitrogens is 2. The monoisotopic (exact) mass is 482 g/mol. The predicted octanol–water partition coefficient (Wildman–Crippen LogP) is 6.78. The maximum absolute atomic E-state index is 13.4. The van der Waals surface area contributed by atoms with Crippen LogP contribution >= 0.6 is 11.8 Å². The third-order valence-electron chi connectivity index (χ3n) is 6.09. The molecule has 1 atom stereocenters. The van der Waals surface area contributed by atoms with Gasteiger partial charge in [0.25, 0.3) is 5.89 Å². The van der Waals surface area contributed by atoms with Gasteiger partial charge < -0.3 is 9.84 Å². The van der Waals surface area contributed by atoms with E-state index in [9.17, 15) is 4.79 Å². The van der Waals surface area contributed by atoms with Crippen LogP contribution in [-0.2, 0) is 0 Å². The third kappa shape index (κ3) is 4.47. The minimum atomic E-state index is -0.418. The number of carbonyl (C=O) groups excluding carboxylic acids is 1. The first-order valence-electron chi connectivity index (χ1n) is 11.4. The summed E-state index contributed by atoms with van der Waals surface area (Å²) in [6.45, 7) is 5.98. The molecule has 0 radical (unpaired) electrons. The molecule has 7 heteroatoms. The van der Waals surface area contributed by atoms with Crippen LogP contribution in [0.3, 0.4) is 0 Å². The standard InChI is InChI=1S/C28H26N4O2S/c1-17-14-18(2)16-22(15-17)32-19(3)24(25(29-28(32)33)20-8-6-5-7-9-20)27-30-26(31-34-27)21-10-12-23(35-4)13-11-21/h5-16,25H,1-4H3,(H,29,33). The summed E-state index contributed by atoms with van der Waals surface area (Å²) in [6, 6.07) is 23.4. The molecule has 1 aromatic heterocycles. The van der Waals surface area contributed by atoms with Crippen LogP contribution in [0, 0.1) is 13.8 Å². The number of hydrogen-bond donors (Lipinski definition) is 1. The minimum Gasteiger partial charge on any atom is -0.334 e. The predicted molar refractivity (Wildman–Crippen MR) is 140 cm³/mol. The van der Waals surface area contributed by atoms with Gasteiger partial charge in [-0.05, 0) is 80.1 Å². The summed E-state index contributed by atoms with van der Waals surface area (Å²) in [6.07, 6.45) is 2.04. The molecular weight excluding hydrogens is 456 g/mol. The summed E-state index contributed by atoms with van der Waals surface area (Å²) in [4.78, 5) is 21.0. The van der Waals surface area contributed by atoms with Crippen molar-refractivity contribution in [2.45, 2.75) is 31.7 Å². The highest BCUT2D eigenvalue weighted by Gasteiger charge is 2.36. The lowest BCUT2D eigenvalue weighted by atomic mass is 9.94. The second kappa shape index (κ2) is 9.43. The van der Waals surface area contributed by atoms with Gasteiger partial charge >= 0.3 is 6.03 Å². The molecule has 0 bridgehead atoms. The van der Waals surface area contributed by atoms with Crippen molar-refractivity contribution in [1.82, 2.24) is 15.5 Å². The second-order valence-electron chi connectivity index (χ2n) is 8.63. The SMILES string of the molecule is CSc1ccc(-c2noc(C3=C(C)N(c4cc(C)cc(C)c4)C(=O)NC3c3ccccc3)n2)cc1. The number of anilines is 1. The van der Waals surface area contributed by atoms with E-state index in [0.29, 0.717) is 11.7 Å². The van der Waals surface area contributed by atoms with E-state index >= 15 is 0 Å². The summed E-state index contributed by atoms with van der Waals surface area (Å²) < 4.78 is 5.80. The molecule has 0 saturated heterocycles. The van der Waals surface area contributed by atoms with Gasteiger partial charge in [-0.1, -0.05) is 41.6 Å². The van der Waals surface area contributed by atoms with E-state index in [-0.39, 0.29) is 6.03 Å². The first-order chi connectivity index (χ1) is 16.9. The van der Waals surface area contributed by atoms with Crippen LogP contribution in [0.25, 0.3) is 17.0 Å². The number of hydrogen-bond acceptors (Lipinski definition) is 5. The number of aryl methyl sites for hydroxylation is 2. The zero-order chi connectivity index (χ0) is 24.5. The molecule has 3 aromatic carbocycles. The van der Waals surface area contributed by atoms with E-state index < -0.39 is 6.04 Å². The van der Waals surface area contributed by atoms with Gasteiger partial charge in [0.1, 0.15) is 0 Å². The van der Waals surface area contributed by atoms with Gasteiger partial charge in [-0.15, -0.1) is 11.8 Å². The van der Waals surface area contributed by atoms with Gasteiger partial charge in [0.15, 0.2) is 0 Å². The number of urea groups is 1. The van der Waals surface area contributed by atoms with Crippen LogP contribution in [0.2, 0.25) is 0 Å². The topological polar surface area (TPSA) is 71.3 Å². The summed E-state index contributed by atoms with van der Waals surface area (Å²) in [5.41, 5.74) is 6.31. The number of nitrogens with zero attached hydrogens (tertiary/aromatic N) is 3. The number of nitrogens with one attached hydrogen (secondary N) is 1. The fraction of sp³-hybridized carbons (Fsp3) is 0.179. The number of amides is 2. The molecule has 0 saturated carbocycles. The molecule has 2 heterocycles. The van der Waals surface area contributed by atoms with Crippen molar-refractivity contribution in [2.75, 3.05) is 11.2 Å². The molecule has 176 valence electrons. The van der Waals surface area contributed by atoms with Gasteiger partial charge in [-0.3, -0.25) is 4.90 Å². The summed E-state index contributed by atoms with van der Waals surface area (Å²) in [7, 11) is 0. The second-order valence-corrected chi connectivity index (χ2v) is 9.50. The lowest BCUT2D eigenvalue weighted by Crippen LogP contribution is -2.46. The largest absolute Gasteiger partial charge is 0.334 e. The van der Waals surface area contributed by atoms with Crippen LogP contribution in [0.5, 0.6) is 0 Å². The highest BCUT2D eigenvalue weighted by Crippen LogP contribution is 2.39. The Labute approximate surface area is 209 Å². The van der Waals surface area contributed by atoms with Crippen LogP contribution in [0.15, 0.2) is 87.9 Å². The maximum atomic E-state index is 13.4. The first-order valence-corrected chi connectivity index (χ1v) is 12.6. The molecule has 1 unspecified atom stereocenters. The number of thioether (sulfide) groups is 1. The van der Waals surface area contributed by atoms with Crippen molar-refractivity contribution in [2.24, 2.45) is 0 Å². The molecule has 1 aliphatic rings. The van der Waals surface area contributed by atoms with Gasteiger partial charge in [0.2, 0.25) is 5.82 Å². The molecule has 6 nitrogen and oxygen atoms in total. The van der Waals surface area contributed by atoms with E-state index in [1.54, 1.807) is 16.7 Å². The van der Waals surface area contributed by atoms with Gasteiger partial charge in [0.05, 0.1) is 17.3 Å². The normalized spacial score (nSPS) is 15.9. The lowest BCUT2D eigenvalue weighted by Gasteiger charge is -2.35. The first kappa shape index (κ1) is 22.9. The highest BCUT2D eigenvalue weighted by atomic mass is 32.2. The van der Waals surface area contributed by atoms with Crippen LogP contribution in [-0.4, -0.2) is 22.4 Å². The number of allylic oxidation sites excluding steroid dienone is 1. The third-order valence-corrected chi connectivity index (χ3v) is 6.83. The van der Waals surface area contributed by atoms with Crippen molar-refractivity contribution < 1.29 is 9.32 Å². The van der Waals surface area contributed by atoms with E-state index in [1.807, 2.05) is 93.8 Å². The van der Waals surface area contributed by atoms with Crippen LogP contribution in [0.1, 0.15) is 35.5 Å². The minimum absolute atomic E-state index is 0.197. The zero-order valence-corrected chi connectivity index (χ0v) is 20.9. The fourth-order valence-corrected chi connectivity index (χ4v) is 4.90. The van der Waals surface area contributed by atoms with Crippen LogP contribution < -0.4 is 10.2 Å². The smallest absolute Gasteiger partial charge is 0.326 e. The van der Waals surface area contributed by atoms with Crippen molar-refractivity contribution in [3.8, 4) is 11.4 Å². The number of rotatable bonds is 5. The average molecular weight is 483 g/mol. The molecule has 1 aliphatic heterocycles. The zero-order valence-electron chi connectivity index (χ0n) is 20.1. The van der Waals surface area contributed by atoms with E-state index in [2.05, 4.69) is 16.5 Å². The molecule has 35 heavy (non-hydrogen) atoms. The maximum Gasteiger partial charge on any atom is 0.326 e. The molecule has 5 rings (SSSR count). The van der Waals surface area contributed by atoms with Crippen molar-refractivity contribution >= 4 is 29.1 Å². The molecule has 1 N–H and O–H groups in total. The van der Waals surface area contributed by atoms with E-state index in [4.69, 9.17) is 9.51 Å². The molecule has 2 amide bonds. The van der Waals surface area contributed by atoms with Crippen molar-refractivity contribution in [1.29, 1.82) is 0 Å². The van der Waals surface area contributed by atoms with Gasteiger partial charge in [0, 0.05) is 16.2 Å². The Hall–Kier alpha value is -3.84. The van der Waals surface area contributed by atoms with E-state index in [0.717, 1.165) is 39.2 Å². The molecular formula is C28H26N4O2S. The lowest BCUT2D eigenvalue weighted by molar-refractivity contribution is 0.244. The Morgan fingerprint density at radius 3 is 2.29 bits per heavy atom. The Morgan fingerprint density at radius 2 is 1.63 bits per heavy atom. The quantitative estimate of drug-likeness (QED) is 0.318. The summed E-state index contributed by atoms with van der Waals surface area (Å²) in [5.74, 6) is 0.893. The Bertz CT molecular complexity index is 1390. The molecule has 0 fully saturated rings. The van der Waals surface area contributed by atoms with Gasteiger partial charge in [-0.2, -0.15) is 4.98 Å². The van der Waals surface area contributed by atoms with Gasteiger partial charge in [-0.25, -0.2) is 4.79 Å². The number of carbonyl (C=O) groups is 1. The van der Waals surface area contributed by atoms with Crippen molar-refractivity contribution in [3.63, 3.8) is 0 Å². The van der Waals surface area contributed by atoms with E-state index in [1.165, 1.54) is 4.90 Å². The molecule has 4 aromatic rings. The van der Waals surface area contributed by atoms with Crippen molar-refractivity contribution in [3.05, 3.63) is 101 Å². The Morgan fingerprint density at radius 1 is 0.943 bits per heavy atom. The molecule has 0 spiro atoms. The molecule has 0 aliphatic carbocycles. The average Bonchev–Trinajstić information content (AvgIpc) is 3.33. The number of benzene rings is 3. The fourth-order valence-electron chi connectivity index (χ4n) is 4.50.